The molecule has 0 aliphatic carbocycles. The van der Waals surface area contributed by atoms with E-state index in [1.165, 1.54) is 0 Å². The second-order valence-corrected chi connectivity index (χ2v) is 6.92. The molecule has 1 saturated heterocycles. The van der Waals surface area contributed by atoms with Crippen LogP contribution in [0.5, 0.6) is 0 Å². The van der Waals surface area contributed by atoms with Gasteiger partial charge >= 0.3 is 5.97 Å². The monoisotopic (exact) mass is 392 g/mol. The van der Waals surface area contributed by atoms with Crippen molar-refractivity contribution >= 4 is 45.9 Å². The van der Waals surface area contributed by atoms with Gasteiger partial charge in [-0.3, -0.25) is 4.79 Å². The molecule has 1 N–H and O–H groups in total. The van der Waals surface area contributed by atoms with Crippen LogP contribution in [0.2, 0.25) is 10.0 Å². The summed E-state index contributed by atoms with van der Waals surface area (Å²) in [6, 6.07) is 5.54. The molecular weight excluding hydrogens is 375 g/mol. The van der Waals surface area contributed by atoms with Gasteiger partial charge in [-0.05, 0) is 31.0 Å². The van der Waals surface area contributed by atoms with Crippen LogP contribution < -0.4 is 4.90 Å². The number of anilines is 1. The van der Waals surface area contributed by atoms with E-state index in [0.717, 1.165) is 30.6 Å². The highest BCUT2D eigenvalue weighted by Crippen LogP contribution is 2.34. The Kier molecular flexibility index (Phi) is 5.87. The van der Waals surface area contributed by atoms with Gasteiger partial charge in [0, 0.05) is 17.5 Å². The highest BCUT2D eigenvalue weighted by Gasteiger charge is 2.27. The molecule has 1 aliphatic heterocycles. The summed E-state index contributed by atoms with van der Waals surface area (Å²) < 4.78 is 5.53. The van der Waals surface area contributed by atoms with Gasteiger partial charge in [0.05, 0.1) is 41.2 Å². The van der Waals surface area contributed by atoms with Crippen LogP contribution in [0.1, 0.15) is 24.8 Å². The van der Waals surface area contributed by atoms with Crippen LogP contribution in [-0.2, 0) is 9.53 Å². The summed E-state index contributed by atoms with van der Waals surface area (Å²) in [4.78, 5) is 17.4. The average molecular weight is 393 g/mol. The van der Waals surface area contributed by atoms with Crippen LogP contribution in [0, 0.1) is 12.3 Å². The number of hydrogen-bond donors (Lipinski definition) is 1. The van der Waals surface area contributed by atoms with E-state index >= 15 is 0 Å². The number of terminal acetylenes is 1. The van der Waals surface area contributed by atoms with Gasteiger partial charge in [0.25, 0.3) is 0 Å². The number of aliphatic carboxylic acids is 1. The van der Waals surface area contributed by atoms with Crippen LogP contribution in [0.4, 0.5) is 5.82 Å². The molecule has 7 heteroatoms. The smallest absolute Gasteiger partial charge is 0.305 e. The van der Waals surface area contributed by atoms with Crippen molar-refractivity contribution in [3.8, 4) is 12.3 Å². The molecular formula is C19H18Cl2N2O3. The lowest BCUT2D eigenvalue weighted by Gasteiger charge is -2.26. The Labute approximate surface area is 161 Å². The van der Waals surface area contributed by atoms with Crippen LogP contribution in [0.15, 0.2) is 18.2 Å². The normalized spacial score (nSPS) is 16.8. The number of hydrogen-bond acceptors (Lipinski definition) is 4. The number of fused-ring (bicyclic) bond motifs is 1. The molecule has 1 aromatic carbocycles. The van der Waals surface area contributed by atoms with Gasteiger partial charge < -0.3 is 14.7 Å². The Hall–Kier alpha value is -2.00. The minimum atomic E-state index is -0.866. The molecule has 0 spiro atoms. The SMILES string of the molecule is C#Cc1cc(N2CCCC2COCCC(=O)O)nc2c(Cl)c(Cl)ccc12. The van der Waals surface area contributed by atoms with Crippen molar-refractivity contribution in [3.05, 3.63) is 33.8 Å². The predicted octanol–water partition coefficient (Wildman–Crippen LogP) is 3.98. The number of carboxylic acid groups (broad SMARTS) is 1. The van der Waals surface area contributed by atoms with Gasteiger partial charge in [0.1, 0.15) is 5.82 Å². The second-order valence-electron chi connectivity index (χ2n) is 6.14. The first-order chi connectivity index (χ1) is 12.5. The van der Waals surface area contributed by atoms with E-state index in [1.807, 2.05) is 12.1 Å². The molecule has 0 radical (unpaired) electrons. The molecule has 1 aromatic heterocycles. The van der Waals surface area contributed by atoms with Gasteiger partial charge in [-0.25, -0.2) is 4.98 Å². The fourth-order valence-corrected chi connectivity index (χ4v) is 3.54. The molecule has 1 unspecified atom stereocenters. The number of carbonyl (C=O) groups is 1. The Balaban J connectivity index is 1.88. The van der Waals surface area contributed by atoms with E-state index in [9.17, 15) is 4.79 Å². The van der Waals surface area contributed by atoms with E-state index in [1.54, 1.807) is 6.07 Å². The summed E-state index contributed by atoms with van der Waals surface area (Å²) >= 11 is 12.5. The van der Waals surface area contributed by atoms with E-state index in [4.69, 9.17) is 44.5 Å². The van der Waals surface area contributed by atoms with E-state index in [2.05, 4.69) is 10.8 Å². The zero-order valence-electron chi connectivity index (χ0n) is 14.0. The Morgan fingerprint density at radius 1 is 1.46 bits per heavy atom. The molecule has 136 valence electrons. The topological polar surface area (TPSA) is 62.7 Å². The third-order valence-corrected chi connectivity index (χ3v) is 5.25. The number of pyridine rings is 1. The molecule has 5 nitrogen and oxygen atoms in total. The predicted molar refractivity (Wildman–Crippen MR) is 103 cm³/mol. The number of nitrogens with zero attached hydrogens (tertiary/aromatic N) is 2. The summed E-state index contributed by atoms with van der Waals surface area (Å²) in [6.45, 7) is 1.47. The summed E-state index contributed by atoms with van der Waals surface area (Å²) in [5.74, 6) is 2.56. The Morgan fingerprint density at radius 3 is 3.00 bits per heavy atom. The molecule has 0 saturated carbocycles. The fourth-order valence-electron chi connectivity index (χ4n) is 3.18. The number of ether oxygens (including phenoxy) is 1. The van der Waals surface area contributed by atoms with E-state index in [0.29, 0.717) is 27.7 Å². The molecule has 1 aliphatic rings. The van der Waals surface area contributed by atoms with Crippen molar-refractivity contribution in [1.82, 2.24) is 4.98 Å². The number of carboxylic acids is 1. The number of rotatable bonds is 6. The molecule has 0 bridgehead atoms. The average Bonchev–Trinajstić information content (AvgIpc) is 3.09. The first kappa shape index (κ1) is 18.8. The summed E-state index contributed by atoms with van der Waals surface area (Å²) in [5.41, 5.74) is 1.29. The van der Waals surface area contributed by atoms with Gasteiger partial charge in [0.15, 0.2) is 0 Å². The lowest BCUT2D eigenvalue weighted by molar-refractivity contribution is -0.138. The van der Waals surface area contributed by atoms with Crippen molar-refractivity contribution < 1.29 is 14.6 Å². The number of aromatic nitrogens is 1. The number of benzene rings is 1. The maximum atomic E-state index is 10.6. The van der Waals surface area contributed by atoms with Crippen molar-refractivity contribution in [2.75, 3.05) is 24.7 Å². The van der Waals surface area contributed by atoms with Crippen LogP contribution in [0.25, 0.3) is 10.9 Å². The highest BCUT2D eigenvalue weighted by molar-refractivity contribution is 6.45. The van der Waals surface area contributed by atoms with Gasteiger partial charge in [-0.1, -0.05) is 29.1 Å². The minimum absolute atomic E-state index is 0.00368. The van der Waals surface area contributed by atoms with Crippen molar-refractivity contribution in [3.63, 3.8) is 0 Å². The lowest BCUT2D eigenvalue weighted by atomic mass is 10.1. The molecule has 2 aromatic rings. The maximum absolute atomic E-state index is 10.6. The zero-order valence-corrected chi connectivity index (χ0v) is 15.6. The second kappa shape index (κ2) is 8.13. The van der Waals surface area contributed by atoms with Crippen molar-refractivity contribution in [1.29, 1.82) is 0 Å². The lowest BCUT2D eigenvalue weighted by Crippen LogP contribution is -2.34. The highest BCUT2D eigenvalue weighted by atomic mass is 35.5. The first-order valence-corrected chi connectivity index (χ1v) is 9.08. The fraction of sp³-hybridized carbons (Fsp3) is 0.368. The third-order valence-electron chi connectivity index (χ3n) is 4.46. The molecule has 1 atom stereocenters. The third kappa shape index (κ3) is 3.88. The van der Waals surface area contributed by atoms with Crippen LogP contribution >= 0.6 is 23.2 Å². The standard InChI is InChI=1S/C19H18Cl2N2O3/c1-2-12-10-16(22-19-14(12)5-6-15(20)18(19)21)23-8-3-4-13(23)11-26-9-7-17(24)25/h1,5-6,10,13H,3-4,7-9,11H2,(H,24,25). The summed E-state index contributed by atoms with van der Waals surface area (Å²) in [7, 11) is 0. The summed E-state index contributed by atoms with van der Waals surface area (Å²) in [6.07, 6.45) is 7.62. The minimum Gasteiger partial charge on any atom is -0.481 e. The Bertz CT molecular complexity index is 879. The molecule has 3 rings (SSSR count). The largest absolute Gasteiger partial charge is 0.481 e. The van der Waals surface area contributed by atoms with Gasteiger partial charge in [0.2, 0.25) is 0 Å². The quantitative estimate of drug-likeness (QED) is 0.594. The van der Waals surface area contributed by atoms with E-state index < -0.39 is 5.97 Å². The molecule has 0 amide bonds. The van der Waals surface area contributed by atoms with Crippen LogP contribution in [0.3, 0.4) is 0 Å². The van der Waals surface area contributed by atoms with Gasteiger partial charge in [-0.2, -0.15) is 0 Å². The maximum Gasteiger partial charge on any atom is 0.305 e. The molecule has 1 fully saturated rings. The zero-order chi connectivity index (χ0) is 18.7. The van der Waals surface area contributed by atoms with E-state index in [-0.39, 0.29) is 19.1 Å². The number of halogens is 2. The summed E-state index contributed by atoms with van der Waals surface area (Å²) in [5, 5.41) is 10.3. The first-order valence-electron chi connectivity index (χ1n) is 8.33. The molecule has 26 heavy (non-hydrogen) atoms. The van der Waals surface area contributed by atoms with Crippen molar-refractivity contribution in [2.45, 2.75) is 25.3 Å². The Morgan fingerprint density at radius 2 is 2.27 bits per heavy atom. The van der Waals surface area contributed by atoms with Gasteiger partial charge in [-0.15, -0.1) is 6.42 Å². The van der Waals surface area contributed by atoms with Crippen LogP contribution in [-0.4, -0.2) is 41.9 Å². The molecule has 2 heterocycles. The van der Waals surface area contributed by atoms with Crippen molar-refractivity contribution in [2.24, 2.45) is 0 Å².